The predicted molar refractivity (Wildman–Crippen MR) is 125 cm³/mol. The monoisotopic (exact) mass is 430 g/mol. The number of benzene rings is 1. The van der Waals surface area contributed by atoms with Crippen LogP contribution in [0.4, 0.5) is 0 Å². The zero-order valence-corrected chi connectivity index (χ0v) is 19.1. The van der Waals surface area contributed by atoms with Crippen LogP contribution in [0.3, 0.4) is 0 Å². The molecule has 1 aliphatic rings. The number of methoxy groups -OCH3 is 1. The van der Waals surface area contributed by atoms with Gasteiger partial charge in [0.1, 0.15) is 11.5 Å². The first-order valence-corrected chi connectivity index (χ1v) is 11.5. The molecule has 7 heteroatoms. The molecular weight excluding hydrogens is 396 g/mol. The van der Waals surface area contributed by atoms with Gasteiger partial charge in [-0.3, -0.25) is 9.89 Å². The Bertz CT molecular complexity index is 764. The number of hydrogen-bond acceptors (Lipinski definition) is 5. The van der Waals surface area contributed by atoms with Crippen molar-refractivity contribution in [2.75, 3.05) is 47.4 Å². The minimum absolute atomic E-state index is 0.488. The lowest BCUT2D eigenvalue weighted by Gasteiger charge is -2.39. The molecule has 6 nitrogen and oxygen atoms in total. The van der Waals surface area contributed by atoms with Crippen molar-refractivity contribution in [1.82, 2.24) is 15.5 Å². The Hall–Kier alpha value is -2.25. The Morgan fingerprint density at radius 2 is 2.00 bits per heavy atom. The Morgan fingerprint density at radius 1 is 1.20 bits per heavy atom. The molecule has 164 valence electrons. The van der Waals surface area contributed by atoms with Crippen LogP contribution in [0.15, 0.2) is 46.8 Å². The van der Waals surface area contributed by atoms with Gasteiger partial charge in [-0.1, -0.05) is 6.07 Å². The fourth-order valence-electron chi connectivity index (χ4n) is 3.97. The number of piperidine rings is 1. The highest BCUT2D eigenvalue weighted by Gasteiger charge is 2.31. The van der Waals surface area contributed by atoms with Crippen LogP contribution in [-0.4, -0.2) is 58.3 Å². The van der Waals surface area contributed by atoms with Gasteiger partial charge in [-0.05, 0) is 74.5 Å². The number of aliphatic imine (C=N–C) groups is 1. The van der Waals surface area contributed by atoms with Crippen molar-refractivity contribution in [1.29, 1.82) is 0 Å². The third-order valence-corrected chi connectivity index (χ3v) is 6.48. The molecule has 2 unspecified atom stereocenters. The number of rotatable bonds is 9. The van der Waals surface area contributed by atoms with Crippen molar-refractivity contribution < 1.29 is 9.47 Å². The van der Waals surface area contributed by atoms with Crippen LogP contribution in [0, 0.1) is 5.92 Å². The van der Waals surface area contributed by atoms with Crippen molar-refractivity contribution in [3.05, 3.63) is 46.7 Å². The second kappa shape index (κ2) is 11.8. The van der Waals surface area contributed by atoms with Gasteiger partial charge in [-0.25, -0.2) is 0 Å². The van der Waals surface area contributed by atoms with E-state index in [-0.39, 0.29) is 0 Å². The molecular formula is C23H34N4O2S. The molecule has 2 aromatic rings. The first-order chi connectivity index (χ1) is 14.7. The summed E-state index contributed by atoms with van der Waals surface area (Å²) in [6.07, 6.45) is 3.39. The Labute approximate surface area is 184 Å². The second-order valence-electron chi connectivity index (χ2n) is 7.60. The molecule has 0 bridgehead atoms. The molecule has 2 N–H and O–H groups in total. The third-order valence-electron chi connectivity index (χ3n) is 5.54. The van der Waals surface area contributed by atoms with E-state index in [4.69, 9.17) is 9.47 Å². The number of likely N-dealkylation sites (tertiary alicyclic amines) is 1. The van der Waals surface area contributed by atoms with Crippen molar-refractivity contribution >= 4 is 17.3 Å². The lowest BCUT2D eigenvalue weighted by molar-refractivity contribution is 0.125. The van der Waals surface area contributed by atoms with E-state index in [1.165, 1.54) is 24.3 Å². The summed E-state index contributed by atoms with van der Waals surface area (Å²) in [5, 5.41) is 9.11. The minimum Gasteiger partial charge on any atom is -0.497 e. The van der Waals surface area contributed by atoms with Crippen LogP contribution in [0.2, 0.25) is 0 Å². The molecule has 2 atom stereocenters. The molecule has 2 heterocycles. The van der Waals surface area contributed by atoms with E-state index in [9.17, 15) is 0 Å². The van der Waals surface area contributed by atoms with Crippen molar-refractivity contribution in [3.63, 3.8) is 0 Å². The Morgan fingerprint density at radius 3 is 2.70 bits per heavy atom. The molecule has 1 aliphatic heterocycles. The average molecular weight is 431 g/mol. The number of hydrogen-bond donors (Lipinski definition) is 2. The molecule has 0 amide bonds. The fourth-order valence-corrected chi connectivity index (χ4v) is 4.96. The molecule has 0 spiro atoms. The molecule has 30 heavy (non-hydrogen) atoms. The van der Waals surface area contributed by atoms with Crippen LogP contribution in [-0.2, 0) is 0 Å². The van der Waals surface area contributed by atoms with E-state index >= 15 is 0 Å². The zero-order valence-electron chi connectivity index (χ0n) is 18.3. The Balaban J connectivity index is 1.38. The van der Waals surface area contributed by atoms with E-state index in [0.717, 1.165) is 37.0 Å². The van der Waals surface area contributed by atoms with Gasteiger partial charge in [0.15, 0.2) is 5.96 Å². The quantitative estimate of drug-likeness (QED) is 0.360. The summed E-state index contributed by atoms with van der Waals surface area (Å²) in [4.78, 5) is 8.34. The highest BCUT2D eigenvalue weighted by atomic mass is 32.1. The standard InChI is InChI=1S/C23H34N4O2S/c1-24-23(25-13-6-15-29-20-11-9-19(28-3)10-12-20)26-17-18-7-4-14-27(2)22(18)21-8-5-16-30-21/h5,8-12,16,18,22H,4,6-7,13-15,17H2,1-3H3,(H2,24,25,26). The number of guanidine groups is 1. The van der Waals surface area contributed by atoms with Crippen molar-refractivity contribution in [2.45, 2.75) is 25.3 Å². The van der Waals surface area contributed by atoms with Crippen molar-refractivity contribution in [2.24, 2.45) is 10.9 Å². The van der Waals surface area contributed by atoms with E-state index in [1.807, 2.05) is 42.6 Å². The van der Waals surface area contributed by atoms with Gasteiger partial charge in [-0.2, -0.15) is 0 Å². The Kier molecular flexibility index (Phi) is 8.83. The fraction of sp³-hybridized carbons (Fsp3) is 0.522. The van der Waals surface area contributed by atoms with Gasteiger partial charge in [0.2, 0.25) is 0 Å². The predicted octanol–water partition coefficient (Wildman–Crippen LogP) is 3.77. The van der Waals surface area contributed by atoms with Crippen LogP contribution < -0.4 is 20.1 Å². The second-order valence-corrected chi connectivity index (χ2v) is 8.58. The van der Waals surface area contributed by atoms with E-state index in [2.05, 4.69) is 45.1 Å². The lowest BCUT2D eigenvalue weighted by Crippen LogP contribution is -2.45. The summed E-state index contributed by atoms with van der Waals surface area (Å²) >= 11 is 1.86. The average Bonchev–Trinajstić information content (AvgIpc) is 3.30. The van der Waals surface area contributed by atoms with E-state index < -0.39 is 0 Å². The smallest absolute Gasteiger partial charge is 0.190 e. The van der Waals surface area contributed by atoms with Crippen LogP contribution >= 0.6 is 11.3 Å². The van der Waals surface area contributed by atoms with Gasteiger partial charge in [-0.15, -0.1) is 11.3 Å². The first-order valence-electron chi connectivity index (χ1n) is 10.7. The maximum Gasteiger partial charge on any atom is 0.190 e. The van der Waals surface area contributed by atoms with Crippen molar-refractivity contribution in [3.8, 4) is 11.5 Å². The number of ether oxygens (including phenoxy) is 2. The van der Waals surface area contributed by atoms with Crippen LogP contribution in [0.5, 0.6) is 11.5 Å². The van der Waals surface area contributed by atoms with Gasteiger partial charge in [0.05, 0.1) is 13.7 Å². The number of nitrogens with one attached hydrogen (secondary N) is 2. The maximum atomic E-state index is 5.78. The van der Waals surface area contributed by atoms with Gasteiger partial charge in [0, 0.05) is 31.1 Å². The third kappa shape index (κ3) is 6.37. The molecule has 1 aromatic heterocycles. The number of nitrogens with zero attached hydrogens (tertiary/aromatic N) is 2. The number of thiophene rings is 1. The van der Waals surface area contributed by atoms with Crippen LogP contribution in [0.25, 0.3) is 0 Å². The first kappa shape index (κ1) is 22.4. The van der Waals surface area contributed by atoms with E-state index in [1.54, 1.807) is 7.11 Å². The SMILES string of the molecule is CN=C(NCCCOc1ccc(OC)cc1)NCC1CCCN(C)C1c1cccs1. The molecule has 0 aliphatic carbocycles. The normalized spacial score (nSPS) is 20.0. The summed E-state index contributed by atoms with van der Waals surface area (Å²) in [7, 11) is 5.73. The van der Waals surface area contributed by atoms with Gasteiger partial charge in [0.25, 0.3) is 0 Å². The maximum absolute atomic E-state index is 5.78. The summed E-state index contributed by atoms with van der Waals surface area (Å²) in [5.41, 5.74) is 0. The zero-order chi connectivity index (χ0) is 21.2. The van der Waals surface area contributed by atoms with E-state index in [0.29, 0.717) is 18.6 Å². The molecule has 0 radical (unpaired) electrons. The molecule has 1 fully saturated rings. The van der Waals surface area contributed by atoms with Gasteiger partial charge < -0.3 is 20.1 Å². The topological polar surface area (TPSA) is 58.1 Å². The minimum atomic E-state index is 0.488. The summed E-state index contributed by atoms with van der Waals surface area (Å²) in [6.45, 7) is 3.56. The summed E-state index contributed by atoms with van der Waals surface area (Å²) in [6, 6.07) is 12.6. The highest BCUT2D eigenvalue weighted by molar-refractivity contribution is 7.10. The molecule has 1 saturated heterocycles. The largest absolute Gasteiger partial charge is 0.497 e. The molecule has 0 saturated carbocycles. The summed E-state index contributed by atoms with van der Waals surface area (Å²) in [5.74, 6) is 3.14. The summed E-state index contributed by atoms with van der Waals surface area (Å²) < 4.78 is 10.9. The highest BCUT2D eigenvalue weighted by Crippen LogP contribution is 2.36. The lowest BCUT2D eigenvalue weighted by atomic mass is 9.88. The van der Waals surface area contributed by atoms with Gasteiger partial charge >= 0.3 is 0 Å². The van der Waals surface area contributed by atoms with Crippen LogP contribution in [0.1, 0.15) is 30.2 Å². The molecule has 1 aromatic carbocycles. The molecule has 3 rings (SSSR count).